The first-order valence-corrected chi connectivity index (χ1v) is 12.4. The Balaban J connectivity index is 2.01. The number of ether oxygens (including phenoxy) is 2. The standard InChI is InChI=1S/C23H37N7O8/c1-21(2)18(35)28-11(7-6-8-26-20(24)25)16(33)27-12(9-14(31)32)17(34)29-23(5)15(30(21)19(23)36)13-10-37-22(3,4)38-13/h11-13,15H,6-10H2,1-5H3,(H,27,33)(H,28,35)(H,29,34)(H,31,32)(H4,24,25,26)/t11-,12-,13-,15?,23-/m0/s1. The molecule has 3 heterocycles. The van der Waals surface area contributed by atoms with Crippen LogP contribution in [0.1, 0.15) is 53.9 Å². The number of nitrogens with two attached hydrogens (primary N) is 2. The van der Waals surface area contributed by atoms with Gasteiger partial charge in [0.1, 0.15) is 29.3 Å². The van der Waals surface area contributed by atoms with Crippen molar-refractivity contribution in [3.05, 3.63) is 0 Å². The fourth-order valence-corrected chi connectivity index (χ4v) is 5.05. The average Bonchev–Trinajstić information content (AvgIpc) is 3.15. The van der Waals surface area contributed by atoms with Crippen molar-refractivity contribution in [2.75, 3.05) is 13.2 Å². The number of nitrogens with one attached hydrogen (secondary N) is 3. The summed E-state index contributed by atoms with van der Waals surface area (Å²) in [6.07, 6.45) is -1.08. The number of nitrogens with zero attached hydrogens (tertiary/aromatic N) is 2. The average molecular weight is 540 g/mol. The molecule has 0 aromatic carbocycles. The highest BCUT2D eigenvalue weighted by atomic mass is 16.7. The molecule has 0 spiro atoms. The van der Waals surface area contributed by atoms with E-state index in [9.17, 15) is 29.1 Å². The Kier molecular flexibility index (Phi) is 7.94. The van der Waals surface area contributed by atoms with E-state index in [1.165, 1.54) is 25.7 Å². The number of rotatable bonds is 7. The number of carbonyl (C=O) groups excluding carboxylic acids is 4. The Bertz CT molecular complexity index is 1040. The second kappa shape index (κ2) is 10.4. The van der Waals surface area contributed by atoms with Gasteiger partial charge in [-0.3, -0.25) is 29.0 Å². The van der Waals surface area contributed by atoms with Crippen molar-refractivity contribution in [1.29, 1.82) is 0 Å². The lowest BCUT2D eigenvalue weighted by molar-refractivity contribution is -0.199. The first-order valence-electron chi connectivity index (χ1n) is 12.4. The van der Waals surface area contributed by atoms with Crippen LogP contribution in [0.4, 0.5) is 0 Å². The highest BCUT2D eigenvalue weighted by Crippen LogP contribution is 2.43. The molecule has 8 N–H and O–H groups in total. The molecule has 4 amide bonds. The summed E-state index contributed by atoms with van der Waals surface area (Å²) >= 11 is 0. The van der Waals surface area contributed by atoms with E-state index in [2.05, 4.69) is 20.9 Å². The minimum Gasteiger partial charge on any atom is -0.481 e. The van der Waals surface area contributed by atoms with Gasteiger partial charge in [-0.2, -0.15) is 0 Å². The van der Waals surface area contributed by atoms with Crippen LogP contribution in [0.5, 0.6) is 0 Å². The number of hydrogen-bond acceptors (Lipinski definition) is 8. The SMILES string of the molecule is CC1(C)OC[C@@H](C2N3C(=O)[C@@]2(C)NC(=O)[C@H](CC(=O)O)NC(=O)[C@H](CCCN=C(N)N)NC(=O)C3(C)C)O1. The summed E-state index contributed by atoms with van der Waals surface area (Å²) in [5.41, 5.74) is 7.67. The van der Waals surface area contributed by atoms with E-state index in [1.807, 2.05) is 0 Å². The van der Waals surface area contributed by atoms with Gasteiger partial charge in [0, 0.05) is 6.54 Å². The third-order valence-electron chi connectivity index (χ3n) is 7.03. The molecule has 0 aromatic rings. The second-order valence-electron chi connectivity index (χ2n) is 10.9. The third kappa shape index (κ3) is 5.67. The predicted molar refractivity (Wildman–Crippen MR) is 132 cm³/mol. The maximum absolute atomic E-state index is 13.6. The van der Waals surface area contributed by atoms with E-state index in [0.29, 0.717) is 0 Å². The van der Waals surface area contributed by atoms with Gasteiger partial charge >= 0.3 is 5.97 Å². The number of aliphatic carboxylic acids is 1. The molecule has 3 aliphatic rings. The summed E-state index contributed by atoms with van der Waals surface area (Å²) in [5, 5.41) is 17.1. The maximum atomic E-state index is 13.6. The van der Waals surface area contributed by atoms with Crippen molar-refractivity contribution in [1.82, 2.24) is 20.9 Å². The molecule has 3 aliphatic heterocycles. The molecule has 3 fully saturated rings. The van der Waals surface area contributed by atoms with Crippen LogP contribution in [0.25, 0.3) is 0 Å². The molecule has 15 heteroatoms. The zero-order valence-corrected chi connectivity index (χ0v) is 22.2. The molecular formula is C23H37N7O8. The van der Waals surface area contributed by atoms with Crippen LogP contribution in [0, 0.1) is 0 Å². The number of guanidine groups is 1. The van der Waals surface area contributed by atoms with E-state index in [4.69, 9.17) is 20.9 Å². The fourth-order valence-electron chi connectivity index (χ4n) is 5.05. The normalized spacial score (nSPS) is 32.6. The van der Waals surface area contributed by atoms with E-state index in [-0.39, 0.29) is 32.0 Å². The summed E-state index contributed by atoms with van der Waals surface area (Å²) in [6.45, 7) is 8.21. The molecule has 1 unspecified atom stereocenters. The van der Waals surface area contributed by atoms with E-state index in [0.717, 1.165) is 0 Å². The largest absolute Gasteiger partial charge is 0.481 e. The first-order chi connectivity index (χ1) is 17.5. The van der Waals surface area contributed by atoms with E-state index >= 15 is 0 Å². The third-order valence-corrected chi connectivity index (χ3v) is 7.03. The van der Waals surface area contributed by atoms with Crippen LogP contribution in [0.3, 0.4) is 0 Å². The monoisotopic (exact) mass is 539 g/mol. The van der Waals surface area contributed by atoms with Gasteiger partial charge in [-0.1, -0.05) is 0 Å². The van der Waals surface area contributed by atoms with Crippen LogP contribution >= 0.6 is 0 Å². The van der Waals surface area contributed by atoms with Crippen molar-refractivity contribution < 1.29 is 38.6 Å². The number of hydrogen-bond donors (Lipinski definition) is 6. The van der Waals surface area contributed by atoms with Gasteiger partial charge in [0.15, 0.2) is 11.7 Å². The summed E-state index contributed by atoms with van der Waals surface area (Å²) in [6, 6.07) is -3.51. The first kappa shape index (κ1) is 29.1. The lowest BCUT2D eigenvalue weighted by atomic mass is 9.73. The number of carbonyl (C=O) groups is 5. The smallest absolute Gasteiger partial charge is 0.305 e. The lowest BCUT2D eigenvalue weighted by Crippen LogP contribution is -2.87. The summed E-state index contributed by atoms with van der Waals surface area (Å²) < 4.78 is 11.7. The Morgan fingerprint density at radius 1 is 1.08 bits per heavy atom. The van der Waals surface area contributed by atoms with Gasteiger partial charge in [-0.15, -0.1) is 0 Å². The van der Waals surface area contributed by atoms with Crippen LogP contribution < -0.4 is 27.4 Å². The summed E-state index contributed by atoms with van der Waals surface area (Å²) in [4.78, 5) is 70.2. The molecule has 38 heavy (non-hydrogen) atoms. The van der Waals surface area contributed by atoms with Crippen molar-refractivity contribution in [3.63, 3.8) is 0 Å². The molecular weight excluding hydrogens is 502 g/mol. The number of carboxylic acid groups (broad SMARTS) is 1. The summed E-state index contributed by atoms with van der Waals surface area (Å²) in [5.74, 6) is -5.24. The number of carboxylic acids is 1. The Morgan fingerprint density at radius 3 is 2.29 bits per heavy atom. The quantitative estimate of drug-likeness (QED) is 0.0863. The zero-order valence-electron chi connectivity index (χ0n) is 22.2. The molecule has 212 valence electrons. The molecule has 2 bridgehead atoms. The highest BCUT2D eigenvalue weighted by molar-refractivity contribution is 6.04. The van der Waals surface area contributed by atoms with E-state index < -0.39 is 77.1 Å². The molecule has 0 aromatic heterocycles. The minimum absolute atomic E-state index is 0.0781. The lowest BCUT2D eigenvalue weighted by Gasteiger charge is -2.61. The van der Waals surface area contributed by atoms with E-state index in [1.54, 1.807) is 13.8 Å². The van der Waals surface area contributed by atoms with Crippen molar-refractivity contribution >= 4 is 35.6 Å². The van der Waals surface area contributed by atoms with Gasteiger partial charge in [-0.25, -0.2) is 0 Å². The fraction of sp³-hybridized carbons (Fsp3) is 0.739. The van der Waals surface area contributed by atoms with Crippen LogP contribution in [0.15, 0.2) is 4.99 Å². The predicted octanol–water partition coefficient (Wildman–Crippen LogP) is -2.49. The number of β-lactam (4-membered cyclic amide) rings is 1. The highest BCUT2D eigenvalue weighted by Gasteiger charge is 2.68. The Hall–Kier alpha value is -3.46. The Labute approximate surface area is 220 Å². The Morgan fingerprint density at radius 2 is 1.74 bits per heavy atom. The minimum atomic E-state index is -1.55. The molecule has 15 nitrogen and oxygen atoms in total. The topological polar surface area (TPSA) is 228 Å². The van der Waals surface area contributed by atoms with Crippen molar-refractivity contribution in [3.8, 4) is 0 Å². The van der Waals surface area contributed by atoms with Gasteiger partial charge < -0.3 is 46.9 Å². The van der Waals surface area contributed by atoms with Crippen LogP contribution in [-0.4, -0.2) is 99.8 Å². The molecule has 3 saturated heterocycles. The van der Waals surface area contributed by atoms with Gasteiger partial charge in [0.05, 0.1) is 19.1 Å². The summed E-state index contributed by atoms with van der Waals surface area (Å²) in [7, 11) is 0. The van der Waals surface area contributed by atoms with Crippen LogP contribution in [-0.2, 0) is 33.4 Å². The molecule has 5 atom stereocenters. The molecule has 3 rings (SSSR count). The second-order valence-corrected chi connectivity index (χ2v) is 10.9. The number of amides is 4. The van der Waals surface area contributed by atoms with Crippen molar-refractivity contribution in [2.45, 2.75) is 95.0 Å². The van der Waals surface area contributed by atoms with Gasteiger partial charge in [0.2, 0.25) is 17.7 Å². The van der Waals surface area contributed by atoms with Crippen molar-refractivity contribution in [2.24, 2.45) is 16.5 Å². The molecule has 0 aliphatic carbocycles. The number of fused-ring (bicyclic) bond motifs is 2. The molecule has 0 radical (unpaired) electrons. The maximum Gasteiger partial charge on any atom is 0.305 e. The van der Waals surface area contributed by atoms with Crippen LogP contribution in [0.2, 0.25) is 0 Å². The number of aliphatic imine (C=N–C) groups is 1. The van der Waals surface area contributed by atoms with Gasteiger partial charge in [0.25, 0.3) is 5.91 Å². The zero-order chi connectivity index (χ0) is 28.6. The molecule has 0 saturated carbocycles. The van der Waals surface area contributed by atoms with Gasteiger partial charge in [-0.05, 0) is 47.5 Å².